The van der Waals surface area contributed by atoms with Crippen LogP contribution in [0.4, 0.5) is 11.5 Å². The SMILES string of the molecule is CN(Cc1ccsc1)c1cc([N+](=O)[O-])cc(Cl)n1. The lowest BCUT2D eigenvalue weighted by Crippen LogP contribution is -2.17. The fourth-order valence-electron chi connectivity index (χ4n) is 1.51. The van der Waals surface area contributed by atoms with E-state index >= 15 is 0 Å². The third-order valence-corrected chi connectivity index (χ3v) is 3.29. The van der Waals surface area contributed by atoms with Gasteiger partial charge in [-0.1, -0.05) is 11.6 Å². The highest BCUT2D eigenvalue weighted by Gasteiger charge is 2.13. The average molecular weight is 284 g/mol. The summed E-state index contributed by atoms with van der Waals surface area (Å²) in [6.45, 7) is 0.633. The Morgan fingerprint density at radius 1 is 1.56 bits per heavy atom. The molecule has 2 heterocycles. The molecule has 2 rings (SSSR count). The van der Waals surface area contributed by atoms with Crippen molar-refractivity contribution in [3.05, 3.63) is 49.8 Å². The molecule has 7 heteroatoms. The molecular formula is C11H10ClN3O2S. The minimum atomic E-state index is -0.477. The van der Waals surface area contributed by atoms with Crippen molar-refractivity contribution in [1.82, 2.24) is 4.98 Å². The fourth-order valence-corrected chi connectivity index (χ4v) is 2.37. The number of rotatable bonds is 4. The summed E-state index contributed by atoms with van der Waals surface area (Å²) in [4.78, 5) is 16.2. The molecule has 0 saturated heterocycles. The van der Waals surface area contributed by atoms with Crippen molar-refractivity contribution in [3.8, 4) is 0 Å². The normalized spacial score (nSPS) is 10.3. The molecule has 0 radical (unpaired) electrons. The minimum Gasteiger partial charge on any atom is -0.355 e. The number of pyridine rings is 1. The molecule has 0 N–H and O–H groups in total. The van der Waals surface area contributed by atoms with Crippen molar-refractivity contribution < 1.29 is 4.92 Å². The van der Waals surface area contributed by atoms with Crippen LogP contribution in [0.25, 0.3) is 0 Å². The summed E-state index contributed by atoms with van der Waals surface area (Å²) in [5.41, 5.74) is 1.08. The van der Waals surface area contributed by atoms with Crippen LogP contribution in [0.5, 0.6) is 0 Å². The van der Waals surface area contributed by atoms with Crippen LogP contribution in [0.2, 0.25) is 5.15 Å². The van der Waals surface area contributed by atoms with Gasteiger partial charge in [0, 0.05) is 13.6 Å². The third kappa shape index (κ3) is 2.96. The maximum atomic E-state index is 10.7. The Balaban J connectivity index is 2.24. The first kappa shape index (κ1) is 12.8. The molecule has 0 aliphatic carbocycles. The van der Waals surface area contributed by atoms with Crippen LogP contribution in [-0.2, 0) is 6.54 Å². The minimum absolute atomic E-state index is 0.0535. The Morgan fingerprint density at radius 2 is 2.33 bits per heavy atom. The molecule has 2 aromatic heterocycles. The molecule has 0 saturated carbocycles. The first-order valence-electron chi connectivity index (χ1n) is 5.10. The number of hydrogen-bond donors (Lipinski definition) is 0. The molecule has 18 heavy (non-hydrogen) atoms. The molecule has 0 spiro atoms. The Labute approximate surface area is 113 Å². The van der Waals surface area contributed by atoms with Crippen LogP contribution < -0.4 is 4.90 Å². The van der Waals surface area contributed by atoms with E-state index < -0.39 is 4.92 Å². The smallest absolute Gasteiger partial charge is 0.276 e. The molecular weight excluding hydrogens is 274 g/mol. The van der Waals surface area contributed by atoms with Gasteiger partial charge >= 0.3 is 0 Å². The van der Waals surface area contributed by atoms with Crippen LogP contribution in [0.3, 0.4) is 0 Å². The molecule has 2 aromatic rings. The summed E-state index contributed by atoms with van der Waals surface area (Å²) in [5.74, 6) is 0.486. The topological polar surface area (TPSA) is 59.3 Å². The fraction of sp³-hybridized carbons (Fsp3) is 0.182. The monoisotopic (exact) mass is 283 g/mol. The van der Waals surface area contributed by atoms with Gasteiger partial charge in [-0.3, -0.25) is 10.1 Å². The number of halogens is 1. The summed E-state index contributed by atoms with van der Waals surface area (Å²) >= 11 is 7.39. The van der Waals surface area contributed by atoms with Crippen molar-refractivity contribution in [3.63, 3.8) is 0 Å². The summed E-state index contributed by atoms with van der Waals surface area (Å²) in [6, 6.07) is 4.65. The zero-order valence-corrected chi connectivity index (χ0v) is 11.1. The van der Waals surface area contributed by atoms with Crippen molar-refractivity contribution in [1.29, 1.82) is 0 Å². The number of nitro groups is 1. The van der Waals surface area contributed by atoms with Gasteiger partial charge in [0.1, 0.15) is 11.0 Å². The standard InChI is InChI=1S/C11H10ClN3O2S/c1-14(6-8-2-3-18-7-8)11-5-9(15(16)17)4-10(12)13-11/h2-5,7H,6H2,1H3. The Hall–Kier alpha value is -1.66. The van der Waals surface area contributed by atoms with Gasteiger partial charge in [-0.2, -0.15) is 11.3 Å². The van der Waals surface area contributed by atoms with E-state index in [9.17, 15) is 10.1 Å². The summed E-state index contributed by atoms with van der Waals surface area (Å²) in [5, 5.41) is 14.9. The van der Waals surface area contributed by atoms with E-state index in [4.69, 9.17) is 11.6 Å². The first-order chi connectivity index (χ1) is 8.56. The lowest BCUT2D eigenvalue weighted by atomic mass is 10.3. The van der Waals surface area contributed by atoms with E-state index in [1.807, 2.05) is 28.8 Å². The molecule has 0 aliphatic heterocycles. The molecule has 0 fully saturated rings. The summed E-state index contributed by atoms with van der Waals surface area (Å²) < 4.78 is 0. The van der Waals surface area contributed by atoms with E-state index in [0.717, 1.165) is 5.56 Å². The Kier molecular flexibility index (Phi) is 3.78. The average Bonchev–Trinajstić information content (AvgIpc) is 2.80. The second kappa shape index (κ2) is 5.32. The molecule has 0 atom stereocenters. The van der Waals surface area contributed by atoms with E-state index in [1.54, 1.807) is 11.3 Å². The second-order valence-corrected chi connectivity index (χ2v) is 4.92. The molecule has 0 amide bonds. The maximum Gasteiger partial charge on any atom is 0.276 e. The van der Waals surface area contributed by atoms with E-state index in [0.29, 0.717) is 12.4 Å². The lowest BCUT2D eigenvalue weighted by molar-refractivity contribution is -0.384. The van der Waals surface area contributed by atoms with Crippen molar-refractivity contribution >= 4 is 34.4 Å². The van der Waals surface area contributed by atoms with Gasteiger partial charge < -0.3 is 4.90 Å². The molecule has 0 aliphatic rings. The summed E-state index contributed by atoms with van der Waals surface area (Å²) in [7, 11) is 1.82. The second-order valence-electron chi connectivity index (χ2n) is 3.75. The lowest BCUT2D eigenvalue weighted by Gasteiger charge is -2.17. The molecule has 0 aromatic carbocycles. The van der Waals surface area contributed by atoms with Crippen molar-refractivity contribution in [2.45, 2.75) is 6.54 Å². The molecule has 94 valence electrons. The van der Waals surface area contributed by atoms with Crippen molar-refractivity contribution in [2.75, 3.05) is 11.9 Å². The van der Waals surface area contributed by atoms with Crippen LogP contribution >= 0.6 is 22.9 Å². The zero-order valence-electron chi connectivity index (χ0n) is 9.54. The number of anilines is 1. The van der Waals surface area contributed by atoms with E-state index in [2.05, 4.69) is 4.98 Å². The predicted molar refractivity (Wildman–Crippen MR) is 72.3 cm³/mol. The van der Waals surface area contributed by atoms with Crippen LogP contribution in [0.1, 0.15) is 5.56 Å². The van der Waals surface area contributed by atoms with E-state index in [1.165, 1.54) is 12.1 Å². The van der Waals surface area contributed by atoms with E-state index in [-0.39, 0.29) is 10.8 Å². The van der Waals surface area contributed by atoms with Gasteiger partial charge in [-0.25, -0.2) is 4.98 Å². The predicted octanol–water partition coefficient (Wildman–Crippen LogP) is 3.34. The van der Waals surface area contributed by atoms with Crippen LogP contribution in [-0.4, -0.2) is 17.0 Å². The Bertz CT molecular complexity index is 559. The molecule has 0 unspecified atom stereocenters. The van der Waals surface area contributed by atoms with Gasteiger partial charge in [0.15, 0.2) is 0 Å². The van der Waals surface area contributed by atoms with Gasteiger partial charge in [-0.05, 0) is 22.4 Å². The number of aromatic nitrogens is 1. The zero-order chi connectivity index (χ0) is 13.1. The highest BCUT2D eigenvalue weighted by Crippen LogP contribution is 2.23. The van der Waals surface area contributed by atoms with Gasteiger partial charge in [0.25, 0.3) is 5.69 Å². The first-order valence-corrected chi connectivity index (χ1v) is 6.42. The molecule has 0 bridgehead atoms. The number of nitrogens with zero attached hydrogens (tertiary/aromatic N) is 3. The van der Waals surface area contributed by atoms with Crippen LogP contribution in [0.15, 0.2) is 29.0 Å². The maximum absolute atomic E-state index is 10.7. The highest BCUT2D eigenvalue weighted by molar-refractivity contribution is 7.07. The number of thiophene rings is 1. The third-order valence-electron chi connectivity index (χ3n) is 2.37. The molecule has 5 nitrogen and oxygen atoms in total. The Morgan fingerprint density at radius 3 is 2.94 bits per heavy atom. The van der Waals surface area contributed by atoms with Gasteiger partial charge in [-0.15, -0.1) is 0 Å². The number of hydrogen-bond acceptors (Lipinski definition) is 5. The van der Waals surface area contributed by atoms with Gasteiger partial charge in [0.2, 0.25) is 0 Å². The van der Waals surface area contributed by atoms with Crippen molar-refractivity contribution in [2.24, 2.45) is 0 Å². The van der Waals surface area contributed by atoms with Gasteiger partial charge in [0.05, 0.1) is 17.1 Å². The summed E-state index contributed by atoms with van der Waals surface area (Å²) in [6.07, 6.45) is 0. The quantitative estimate of drug-likeness (QED) is 0.490. The van der Waals surface area contributed by atoms with Crippen LogP contribution in [0, 0.1) is 10.1 Å². The highest BCUT2D eigenvalue weighted by atomic mass is 35.5. The largest absolute Gasteiger partial charge is 0.355 e.